The van der Waals surface area contributed by atoms with Crippen LogP contribution in [0.15, 0.2) is 109 Å². The van der Waals surface area contributed by atoms with E-state index in [-0.39, 0.29) is 0 Å². The van der Waals surface area contributed by atoms with Gasteiger partial charge in [0.15, 0.2) is 0 Å². The first kappa shape index (κ1) is 36.7. The Balaban J connectivity index is 0.869. The lowest BCUT2D eigenvalue weighted by Crippen LogP contribution is -2.34. The Morgan fingerprint density at radius 3 is 1.52 bits per heavy atom. The average molecular weight is 741 g/mol. The van der Waals surface area contributed by atoms with Gasteiger partial charge in [-0.05, 0) is 87.6 Å². The molecule has 0 aliphatic rings. The lowest BCUT2D eigenvalue weighted by molar-refractivity contribution is -0.538. The highest BCUT2D eigenvalue weighted by atomic mass is 15.0. The third kappa shape index (κ3) is 7.27. The molecule has 0 spiro atoms. The van der Waals surface area contributed by atoms with E-state index in [1.54, 1.807) is 0 Å². The molecule has 0 saturated heterocycles. The number of nitrogens with one attached hydrogen (secondary N) is 2. The van der Waals surface area contributed by atoms with Gasteiger partial charge in [0.1, 0.15) is 22.1 Å². The van der Waals surface area contributed by atoms with Crippen molar-refractivity contribution in [3.63, 3.8) is 0 Å². The van der Waals surface area contributed by atoms with Gasteiger partial charge in [-0.3, -0.25) is 0 Å². The van der Waals surface area contributed by atoms with Crippen LogP contribution < -0.4 is 31.2 Å². The predicted octanol–water partition coefficient (Wildman–Crippen LogP) is 9.91. The van der Waals surface area contributed by atoms with Crippen molar-refractivity contribution in [2.45, 2.75) is 66.2 Å². The third-order valence-corrected chi connectivity index (χ3v) is 11.1. The summed E-state index contributed by atoms with van der Waals surface area (Å²) in [4.78, 5) is 10.1. The van der Waals surface area contributed by atoms with Crippen molar-refractivity contribution in [2.75, 3.05) is 35.2 Å². The SMILES string of the molecule is Cc1cc2nc3cc(C)c(NCCCCCCCCNc4ccc5nc6cc(C)c(N)cc6[n+](-c6ccccc6)c5c4C)cc3[n+](-c3ccccc3)c2cc1N. The molecule has 0 bridgehead atoms. The van der Waals surface area contributed by atoms with Crippen LogP contribution in [0.5, 0.6) is 0 Å². The maximum atomic E-state index is 6.41. The van der Waals surface area contributed by atoms with Crippen molar-refractivity contribution < 1.29 is 9.13 Å². The zero-order valence-corrected chi connectivity index (χ0v) is 33.0. The van der Waals surface area contributed by atoms with E-state index in [1.807, 2.05) is 19.9 Å². The summed E-state index contributed by atoms with van der Waals surface area (Å²) in [7, 11) is 0. The van der Waals surface area contributed by atoms with Gasteiger partial charge in [-0.2, -0.15) is 0 Å². The maximum absolute atomic E-state index is 6.41. The Labute approximate surface area is 329 Å². The summed E-state index contributed by atoms with van der Waals surface area (Å²) in [6.07, 6.45) is 7.14. The fourth-order valence-corrected chi connectivity index (χ4v) is 7.94. The number of anilines is 4. The van der Waals surface area contributed by atoms with Gasteiger partial charge in [-0.15, -0.1) is 9.13 Å². The van der Waals surface area contributed by atoms with E-state index < -0.39 is 0 Å². The normalized spacial score (nSPS) is 11.6. The molecular formula is C48H52N8+2. The molecule has 0 saturated carbocycles. The van der Waals surface area contributed by atoms with Gasteiger partial charge >= 0.3 is 0 Å². The molecule has 56 heavy (non-hydrogen) atoms. The third-order valence-electron chi connectivity index (χ3n) is 11.1. The number of hydrogen-bond acceptors (Lipinski definition) is 6. The van der Waals surface area contributed by atoms with Gasteiger partial charge < -0.3 is 22.1 Å². The van der Waals surface area contributed by atoms with Crippen LogP contribution in [-0.2, 0) is 0 Å². The number of nitrogen functional groups attached to an aromatic ring is 2. The number of fused-ring (bicyclic) bond motifs is 4. The number of nitrogens with two attached hydrogens (primary N) is 2. The monoisotopic (exact) mass is 740 g/mol. The van der Waals surface area contributed by atoms with Crippen LogP contribution >= 0.6 is 0 Å². The maximum Gasteiger partial charge on any atom is 0.242 e. The second-order valence-corrected chi connectivity index (χ2v) is 15.2. The van der Waals surface area contributed by atoms with Crippen LogP contribution in [-0.4, -0.2) is 23.1 Å². The Morgan fingerprint density at radius 2 is 0.929 bits per heavy atom. The fourth-order valence-electron chi connectivity index (χ4n) is 7.94. The zero-order valence-electron chi connectivity index (χ0n) is 33.0. The second-order valence-electron chi connectivity index (χ2n) is 15.2. The summed E-state index contributed by atoms with van der Waals surface area (Å²) >= 11 is 0. The van der Waals surface area contributed by atoms with Crippen molar-refractivity contribution >= 4 is 66.9 Å². The van der Waals surface area contributed by atoms with Crippen LogP contribution in [0.3, 0.4) is 0 Å². The molecule has 282 valence electrons. The van der Waals surface area contributed by atoms with E-state index in [2.05, 4.69) is 137 Å². The van der Waals surface area contributed by atoms with Crippen LogP contribution in [0, 0.1) is 27.7 Å². The Hall–Kier alpha value is -6.28. The number of nitrogens with zero attached hydrogens (tertiary/aromatic N) is 4. The van der Waals surface area contributed by atoms with E-state index in [4.69, 9.17) is 21.4 Å². The number of aryl methyl sites for hydroxylation is 4. The molecule has 8 heteroatoms. The number of para-hydroxylation sites is 2. The smallest absolute Gasteiger partial charge is 0.242 e. The molecule has 2 aromatic heterocycles. The minimum Gasteiger partial charge on any atom is -0.398 e. The van der Waals surface area contributed by atoms with Crippen molar-refractivity contribution in [1.29, 1.82) is 0 Å². The summed E-state index contributed by atoms with van der Waals surface area (Å²) in [5.74, 6) is 0. The van der Waals surface area contributed by atoms with Crippen LogP contribution in [0.2, 0.25) is 0 Å². The summed E-state index contributed by atoms with van der Waals surface area (Å²) in [5, 5.41) is 7.48. The fraction of sp³-hybridized carbons (Fsp3) is 0.250. The van der Waals surface area contributed by atoms with Crippen molar-refractivity contribution in [1.82, 2.24) is 9.97 Å². The molecule has 0 atom stereocenters. The first-order valence-corrected chi connectivity index (χ1v) is 20.0. The lowest BCUT2D eigenvalue weighted by Gasteiger charge is -2.13. The quantitative estimate of drug-likeness (QED) is 0.0406. The van der Waals surface area contributed by atoms with Gasteiger partial charge in [0.2, 0.25) is 33.4 Å². The summed E-state index contributed by atoms with van der Waals surface area (Å²) in [6.45, 7) is 10.3. The molecule has 8 aromatic rings. The standard InChI is InChI=1S/C48H50N8/c1-31-25-42-45(28-37(31)49)55(35-17-11-9-12-18-35)47-30-41(33(3)27-44(47)54-42)52-24-16-8-6-5-7-15-23-51-39-21-22-40-48(34(39)4)56(36-19-13-10-14-20-36)46-29-38(50)32(2)26-43(46)53-40/h9-14,17-22,25-30H,5-8,15-16,23-24H2,1-4H3,(H4,49,50,51,52)/p+2. The van der Waals surface area contributed by atoms with Crippen molar-refractivity contribution in [3.8, 4) is 11.4 Å². The molecule has 0 aliphatic carbocycles. The molecule has 2 heterocycles. The molecule has 0 amide bonds. The van der Waals surface area contributed by atoms with E-state index in [0.29, 0.717) is 0 Å². The van der Waals surface area contributed by atoms with Gasteiger partial charge in [0.05, 0.1) is 0 Å². The van der Waals surface area contributed by atoms with Crippen LogP contribution in [0.4, 0.5) is 22.7 Å². The minimum absolute atomic E-state index is 0.773. The lowest BCUT2D eigenvalue weighted by atomic mass is 10.1. The van der Waals surface area contributed by atoms with Gasteiger partial charge in [0.25, 0.3) is 0 Å². The van der Waals surface area contributed by atoms with E-state index >= 15 is 0 Å². The predicted molar refractivity (Wildman–Crippen MR) is 234 cm³/mol. The van der Waals surface area contributed by atoms with Crippen LogP contribution in [0.25, 0.3) is 55.5 Å². The number of benzene rings is 6. The van der Waals surface area contributed by atoms with E-state index in [9.17, 15) is 0 Å². The van der Waals surface area contributed by atoms with Crippen LogP contribution in [0.1, 0.15) is 60.8 Å². The molecule has 6 N–H and O–H groups in total. The van der Waals surface area contributed by atoms with E-state index in [0.717, 1.165) is 115 Å². The average Bonchev–Trinajstić information content (AvgIpc) is 3.20. The molecule has 8 rings (SSSR count). The zero-order chi connectivity index (χ0) is 38.8. The Morgan fingerprint density at radius 1 is 0.464 bits per heavy atom. The molecule has 0 radical (unpaired) electrons. The topological polar surface area (TPSA) is 110 Å². The summed E-state index contributed by atoms with van der Waals surface area (Å²) < 4.78 is 4.59. The first-order chi connectivity index (χ1) is 27.3. The van der Waals surface area contributed by atoms with Gasteiger partial charge in [-0.25, -0.2) is 9.97 Å². The number of aromatic nitrogens is 4. The Bertz CT molecular complexity index is 2680. The number of unbranched alkanes of at least 4 members (excludes halogenated alkanes) is 5. The molecule has 0 fully saturated rings. The molecule has 0 aliphatic heterocycles. The first-order valence-electron chi connectivity index (χ1n) is 20.0. The Kier molecular flexibility index (Phi) is 10.4. The minimum atomic E-state index is 0.773. The van der Waals surface area contributed by atoms with Gasteiger partial charge in [0, 0.05) is 83.9 Å². The molecule has 8 nitrogen and oxygen atoms in total. The molecule has 0 unspecified atom stereocenters. The van der Waals surface area contributed by atoms with Gasteiger partial charge in [-0.1, -0.05) is 62.1 Å². The van der Waals surface area contributed by atoms with Crippen molar-refractivity contribution in [3.05, 3.63) is 131 Å². The highest BCUT2D eigenvalue weighted by Crippen LogP contribution is 2.29. The molecule has 6 aromatic carbocycles. The number of hydrogen-bond donors (Lipinski definition) is 4. The highest BCUT2D eigenvalue weighted by molar-refractivity contribution is 5.89. The molecular weight excluding hydrogens is 689 g/mol. The highest BCUT2D eigenvalue weighted by Gasteiger charge is 2.24. The van der Waals surface area contributed by atoms with E-state index in [1.165, 1.54) is 36.8 Å². The summed E-state index contributed by atoms with van der Waals surface area (Å²) in [5.41, 5.74) is 31.3. The van der Waals surface area contributed by atoms with Crippen molar-refractivity contribution in [2.24, 2.45) is 0 Å². The second kappa shape index (κ2) is 15.8. The largest absolute Gasteiger partial charge is 0.398 e. The number of rotatable bonds is 13. The summed E-state index contributed by atoms with van der Waals surface area (Å²) in [6, 6.07) is 38.0.